The van der Waals surface area contributed by atoms with E-state index in [9.17, 15) is 0 Å². The Balaban J connectivity index is 1.65. The number of aromatic nitrogens is 4. The number of benzene rings is 2. The molecule has 0 bridgehead atoms. The zero-order valence-corrected chi connectivity index (χ0v) is 26.4. The van der Waals surface area contributed by atoms with Gasteiger partial charge in [0.1, 0.15) is 11.6 Å². The zero-order chi connectivity index (χ0) is 29.3. The largest absolute Gasteiger partial charge is 0.238 e. The molecule has 1 aliphatic carbocycles. The van der Waals surface area contributed by atoms with Crippen molar-refractivity contribution in [1.82, 2.24) is 19.9 Å². The molecule has 214 valence electrons. The molecule has 0 radical (unpaired) electrons. The Morgan fingerprint density at radius 1 is 0.512 bits per heavy atom. The van der Waals surface area contributed by atoms with E-state index in [2.05, 4.69) is 77.9 Å². The van der Waals surface area contributed by atoms with E-state index >= 15 is 0 Å². The smallest absolute Gasteiger partial charge is 0.125 e. The highest BCUT2D eigenvalue weighted by Crippen LogP contribution is 2.51. The molecule has 5 rings (SSSR count). The second kappa shape index (κ2) is 11.8. The standard InChI is InChI=1S/C37H46N4/c1-9-13-31-35(32(14-10-2)39-23(5)38-31)25-17-19-27-28-20-18-26(22-30(28)37(7,8)29(27)21-25)36-33(15-11-3)40-24(6)41-34(36)16-12-4/h17-22H,9-16H2,1-8H3. The predicted molar refractivity (Wildman–Crippen MR) is 172 cm³/mol. The minimum absolute atomic E-state index is 0.126. The van der Waals surface area contributed by atoms with E-state index in [1.807, 2.05) is 13.8 Å². The Hall–Kier alpha value is -3.40. The van der Waals surface area contributed by atoms with Gasteiger partial charge in [-0.05, 0) is 85.0 Å². The van der Waals surface area contributed by atoms with Crippen molar-refractivity contribution < 1.29 is 0 Å². The van der Waals surface area contributed by atoms with Crippen LogP contribution in [0.25, 0.3) is 33.4 Å². The molecule has 0 atom stereocenters. The van der Waals surface area contributed by atoms with Gasteiger partial charge in [0.25, 0.3) is 0 Å². The molecule has 4 heteroatoms. The maximum absolute atomic E-state index is 4.93. The highest BCUT2D eigenvalue weighted by Gasteiger charge is 2.36. The molecule has 0 amide bonds. The first-order chi connectivity index (χ1) is 19.7. The molecule has 2 aromatic carbocycles. The van der Waals surface area contributed by atoms with Crippen LogP contribution in [-0.2, 0) is 31.1 Å². The molecule has 2 heterocycles. The van der Waals surface area contributed by atoms with Crippen molar-refractivity contribution in [2.45, 2.75) is 112 Å². The van der Waals surface area contributed by atoms with Gasteiger partial charge in [-0.25, -0.2) is 19.9 Å². The molecule has 2 aromatic heterocycles. The van der Waals surface area contributed by atoms with E-state index in [-0.39, 0.29) is 5.41 Å². The Labute approximate surface area is 247 Å². The summed E-state index contributed by atoms with van der Waals surface area (Å²) in [5.74, 6) is 1.76. The highest BCUT2D eigenvalue weighted by molar-refractivity contribution is 5.86. The third-order valence-electron chi connectivity index (χ3n) is 8.54. The fourth-order valence-corrected chi connectivity index (χ4v) is 6.77. The molecular formula is C37H46N4. The number of fused-ring (bicyclic) bond motifs is 3. The van der Waals surface area contributed by atoms with Crippen LogP contribution in [0.2, 0.25) is 0 Å². The average Bonchev–Trinajstić information content (AvgIpc) is 3.15. The van der Waals surface area contributed by atoms with Crippen LogP contribution in [0.5, 0.6) is 0 Å². The number of nitrogens with zero attached hydrogens (tertiary/aromatic N) is 4. The van der Waals surface area contributed by atoms with Gasteiger partial charge in [-0.3, -0.25) is 0 Å². The molecule has 1 aliphatic rings. The van der Waals surface area contributed by atoms with Crippen LogP contribution >= 0.6 is 0 Å². The Morgan fingerprint density at radius 2 is 0.829 bits per heavy atom. The molecule has 0 aliphatic heterocycles. The second-order valence-corrected chi connectivity index (χ2v) is 12.2. The van der Waals surface area contributed by atoms with Crippen LogP contribution in [-0.4, -0.2) is 19.9 Å². The van der Waals surface area contributed by atoms with Gasteiger partial charge in [0.05, 0.1) is 22.8 Å². The lowest BCUT2D eigenvalue weighted by Crippen LogP contribution is -2.15. The van der Waals surface area contributed by atoms with Crippen molar-refractivity contribution in [3.8, 4) is 33.4 Å². The summed E-state index contributed by atoms with van der Waals surface area (Å²) in [6, 6.07) is 14.1. The minimum Gasteiger partial charge on any atom is -0.238 e. The van der Waals surface area contributed by atoms with Crippen LogP contribution in [0, 0.1) is 13.8 Å². The van der Waals surface area contributed by atoms with Crippen LogP contribution in [0.15, 0.2) is 36.4 Å². The fraction of sp³-hybridized carbons (Fsp3) is 0.459. The molecule has 4 nitrogen and oxygen atoms in total. The first kappa shape index (κ1) is 29.1. The van der Waals surface area contributed by atoms with Crippen LogP contribution in [0.3, 0.4) is 0 Å². The monoisotopic (exact) mass is 546 g/mol. The lowest BCUT2D eigenvalue weighted by atomic mass is 9.80. The fourth-order valence-electron chi connectivity index (χ4n) is 6.77. The van der Waals surface area contributed by atoms with Gasteiger partial charge in [-0.15, -0.1) is 0 Å². The van der Waals surface area contributed by atoms with E-state index < -0.39 is 0 Å². The second-order valence-electron chi connectivity index (χ2n) is 12.2. The minimum atomic E-state index is -0.126. The topological polar surface area (TPSA) is 51.6 Å². The first-order valence-electron chi connectivity index (χ1n) is 15.8. The van der Waals surface area contributed by atoms with E-state index in [1.54, 1.807) is 0 Å². The number of hydrogen-bond acceptors (Lipinski definition) is 4. The molecule has 4 aromatic rings. The highest BCUT2D eigenvalue weighted by atomic mass is 14.9. The summed E-state index contributed by atoms with van der Waals surface area (Å²) in [6.07, 6.45) is 8.17. The van der Waals surface area contributed by atoms with Crippen molar-refractivity contribution >= 4 is 0 Å². The van der Waals surface area contributed by atoms with Crippen molar-refractivity contribution in [3.63, 3.8) is 0 Å². The molecule has 0 N–H and O–H groups in total. The van der Waals surface area contributed by atoms with E-state index in [1.165, 1.54) is 67.3 Å². The average molecular weight is 547 g/mol. The molecule has 0 fully saturated rings. The molecule has 0 unspecified atom stereocenters. The van der Waals surface area contributed by atoms with Gasteiger partial charge in [0, 0.05) is 16.5 Å². The summed E-state index contributed by atoms with van der Waals surface area (Å²) in [5, 5.41) is 0. The third kappa shape index (κ3) is 5.34. The summed E-state index contributed by atoms with van der Waals surface area (Å²) < 4.78 is 0. The lowest BCUT2D eigenvalue weighted by Gasteiger charge is -2.24. The number of aryl methyl sites for hydroxylation is 6. The Bertz CT molecular complexity index is 1410. The van der Waals surface area contributed by atoms with E-state index in [4.69, 9.17) is 19.9 Å². The van der Waals surface area contributed by atoms with Crippen LogP contribution in [0.4, 0.5) is 0 Å². The van der Waals surface area contributed by atoms with Gasteiger partial charge >= 0.3 is 0 Å². The SMILES string of the molecule is CCCc1nc(C)nc(CCC)c1-c1ccc2c(c1)C(C)(C)c1cc(-c3c(CCC)nc(C)nc3CCC)ccc1-2. The molecule has 0 spiro atoms. The van der Waals surface area contributed by atoms with Gasteiger partial charge in [0.2, 0.25) is 0 Å². The third-order valence-corrected chi connectivity index (χ3v) is 8.54. The summed E-state index contributed by atoms with van der Waals surface area (Å²) >= 11 is 0. The number of hydrogen-bond donors (Lipinski definition) is 0. The summed E-state index contributed by atoms with van der Waals surface area (Å²) in [6.45, 7) is 17.7. The lowest BCUT2D eigenvalue weighted by molar-refractivity contribution is 0.660. The quantitative estimate of drug-likeness (QED) is 0.199. The van der Waals surface area contributed by atoms with Gasteiger partial charge in [-0.1, -0.05) is 91.5 Å². The zero-order valence-electron chi connectivity index (χ0n) is 26.4. The van der Waals surface area contributed by atoms with Crippen molar-refractivity contribution in [1.29, 1.82) is 0 Å². The first-order valence-corrected chi connectivity index (χ1v) is 15.8. The predicted octanol–water partition coefficient (Wildman–Crippen LogP) is 9.33. The summed E-state index contributed by atoms with van der Waals surface area (Å²) in [5.41, 5.74) is 15.1. The van der Waals surface area contributed by atoms with Gasteiger partial charge in [-0.2, -0.15) is 0 Å². The maximum atomic E-state index is 4.93. The summed E-state index contributed by atoms with van der Waals surface area (Å²) in [7, 11) is 0. The Kier molecular flexibility index (Phi) is 8.40. The molecule has 0 saturated heterocycles. The van der Waals surface area contributed by atoms with Gasteiger partial charge < -0.3 is 0 Å². The van der Waals surface area contributed by atoms with Crippen molar-refractivity contribution in [3.05, 3.63) is 81.9 Å². The molecular weight excluding hydrogens is 500 g/mol. The van der Waals surface area contributed by atoms with Crippen molar-refractivity contribution in [2.75, 3.05) is 0 Å². The van der Waals surface area contributed by atoms with Crippen LogP contribution < -0.4 is 0 Å². The Morgan fingerprint density at radius 3 is 1.12 bits per heavy atom. The summed E-state index contributed by atoms with van der Waals surface area (Å²) in [4.78, 5) is 19.7. The maximum Gasteiger partial charge on any atom is 0.125 e. The van der Waals surface area contributed by atoms with Crippen molar-refractivity contribution in [2.24, 2.45) is 0 Å². The van der Waals surface area contributed by atoms with E-state index in [0.29, 0.717) is 0 Å². The van der Waals surface area contributed by atoms with E-state index in [0.717, 1.165) is 63.0 Å². The van der Waals surface area contributed by atoms with Gasteiger partial charge in [0.15, 0.2) is 0 Å². The normalized spacial score (nSPS) is 13.4. The molecule has 0 saturated carbocycles. The number of rotatable bonds is 10. The molecule has 41 heavy (non-hydrogen) atoms. The van der Waals surface area contributed by atoms with Crippen LogP contribution in [0.1, 0.15) is 113 Å².